The Morgan fingerprint density at radius 2 is 1.73 bits per heavy atom. The summed E-state index contributed by atoms with van der Waals surface area (Å²) in [6.07, 6.45) is 1.18. The molecule has 3 aromatic rings. The summed E-state index contributed by atoms with van der Waals surface area (Å²) in [4.78, 5) is 24.2. The van der Waals surface area contributed by atoms with Crippen molar-refractivity contribution in [2.75, 3.05) is 12.4 Å². The molecule has 0 atom stereocenters. The first-order valence-corrected chi connectivity index (χ1v) is 6.65. The molecule has 0 aliphatic carbocycles. The van der Waals surface area contributed by atoms with Crippen LogP contribution in [0.2, 0.25) is 0 Å². The van der Waals surface area contributed by atoms with E-state index in [1.54, 1.807) is 42.5 Å². The summed E-state index contributed by atoms with van der Waals surface area (Å²) in [6.45, 7) is 0. The topological polar surface area (TPSA) is 68.5 Å². The average Bonchev–Trinajstić information content (AvgIpc) is 2.56. The first-order valence-electron chi connectivity index (χ1n) is 6.65. The molecule has 110 valence electrons. The molecular weight excluding hydrogens is 282 g/mol. The number of para-hydroxylation sites is 2. The SMILES string of the molecule is COc1ccccc1NC(=O)c1coc(=O)c2ccccc12. The van der Waals surface area contributed by atoms with Crippen LogP contribution in [0.4, 0.5) is 5.69 Å². The zero-order chi connectivity index (χ0) is 15.5. The van der Waals surface area contributed by atoms with E-state index in [0.29, 0.717) is 27.8 Å². The Morgan fingerprint density at radius 1 is 1.05 bits per heavy atom. The molecule has 0 aliphatic heterocycles. The lowest BCUT2D eigenvalue weighted by atomic mass is 10.1. The Balaban J connectivity index is 2.03. The number of methoxy groups -OCH3 is 1. The minimum absolute atomic E-state index is 0.293. The van der Waals surface area contributed by atoms with Gasteiger partial charge in [0.05, 0.1) is 23.7 Å². The van der Waals surface area contributed by atoms with Gasteiger partial charge >= 0.3 is 5.63 Å². The lowest BCUT2D eigenvalue weighted by Gasteiger charge is -2.10. The zero-order valence-electron chi connectivity index (χ0n) is 11.8. The molecule has 1 amide bonds. The van der Waals surface area contributed by atoms with Crippen LogP contribution in [0.5, 0.6) is 5.75 Å². The third-order valence-electron chi connectivity index (χ3n) is 3.32. The van der Waals surface area contributed by atoms with Crippen molar-refractivity contribution in [3.8, 4) is 5.75 Å². The second kappa shape index (κ2) is 5.73. The summed E-state index contributed by atoms with van der Waals surface area (Å²) in [5.74, 6) is 0.182. The molecule has 0 bridgehead atoms. The van der Waals surface area contributed by atoms with Crippen molar-refractivity contribution in [2.45, 2.75) is 0 Å². The molecule has 22 heavy (non-hydrogen) atoms. The number of rotatable bonds is 3. The Bertz CT molecular complexity index is 898. The van der Waals surface area contributed by atoms with Crippen LogP contribution in [0, 0.1) is 0 Å². The van der Waals surface area contributed by atoms with E-state index in [1.165, 1.54) is 13.4 Å². The van der Waals surface area contributed by atoms with Crippen molar-refractivity contribution in [3.05, 3.63) is 70.8 Å². The van der Waals surface area contributed by atoms with E-state index >= 15 is 0 Å². The summed E-state index contributed by atoms with van der Waals surface area (Å²) in [6, 6.07) is 13.9. The van der Waals surface area contributed by atoms with Crippen LogP contribution in [-0.2, 0) is 0 Å². The largest absolute Gasteiger partial charge is 0.495 e. The Labute approximate surface area is 126 Å². The van der Waals surface area contributed by atoms with E-state index < -0.39 is 5.63 Å². The lowest BCUT2D eigenvalue weighted by Crippen LogP contribution is -2.14. The maximum atomic E-state index is 12.5. The van der Waals surface area contributed by atoms with Gasteiger partial charge in [-0.2, -0.15) is 0 Å². The van der Waals surface area contributed by atoms with Crippen molar-refractivity contribution < 1.29 is 13.9 Å². The van der Waals surface area contributed by atoms with E-state index in [1.807, 2.05) is 6.07 Å². The summed E-state index contributed by atoms with van der Waals surface area (Å²) >= 11 is 0. The highest BCUT2D eigenvalue weighted by molar-refractivity contribution is 6.12. The number of benzene rings is 2. The molecule has 1 N–H and O–H groups in total. The normalized spacial score (nSPS) is 10.4. The summed E-state index contributed by atoms with van der Waals surface area (Å²) in [5, 5.41) is 3.68. The molecule has 2 aromatic carbocycles. The number of carbonyl (C=O) groups is 1. The maximum absolute atomic E-state index is 12.5. The van der Waals surface area contributed by atoms with Crippen molar-refractivity contribution in [3.63, 3.8) is 0 Å². The van der Waals surface area contributed by atoms with Crippen LogP contribution in [0.3, 0.4) is 0 Å². The van der Waals surface area contributed by atoms with Gasteiger partial charge in [0.1, 0.15) is 12.0 Å². The van der Waals surface area contributed by atoms with Gasteiger partial charge < -0.3 is 14.5 Å². The van der Waals surface area contributed by atoms with Crippen molar-refractivity contribution in [2.24, 2.45) is 0 Å². The monoisotopic (exact) mass is 295 g/mol. The van der Waals surface area contributed by atoms with Gasteiger partial charge in [-0.05, 0) is 18.2 Å². The minimum atomic E-state index is -0.468. The molecule has 0 aliphatic rings. The highest BCUT2D eigenvalue weighted by atomic mass is 16.5. The van der Waals surface area contributed by atoms with Crippen LogP contribution < -0.4 is 15.7 Å². The minimum Gasteiger partial charge on any atom is -0.495 e. The molecule has 3 rings (SSSR count). The van der Waals surface area contributed by atoms with Gasteiger partial charge in [-0.25, -0.2) is 4.79 Å². The number of fused-ring (bicyclic) bond motifs is 1. The van der Waals surface area contributed by atoms with Crippen LogP contribution in [0.1, 0.15) is 10.4 Å². The molecule has 1 heterocycles. The highest BCUT2D eigenvalue weighted by Gasteiger charge is 2.14. The van der Waals surface area contributed by atoms with E-state index in [4.69, 9.17) is 9.15 Å². The second-order valence-electron chi connectivity index (χ2n) is 4.64. The van der Waals surface area contributed by atoms with Gasteiger partial charge in [0, 0.05) is 5.39 Å². The number of ether oxygens (including phenoxy) is 1. The lowest BCUT2D eigenvalue weighted by molar-refractivity contribution is 0.102. The van der Waals surface area contributed by atoms with E-state index in [2.05, 4.69) is 5.32 Å². The highest BCUT2D eigenvalue weighted by Crippen LogP contribution is 2.24. The summed E-state index contributed by atoms with van der Waals surface area (Å²) in [7, 11) is 1.53. The second-order valence-corrected chi connectivity index (χ2v) is 4.64. The van der Waals surface area contributed by atoms with Gasteiger partial charge in [-0.15, -0.1) is 0 Å². The first-order chi connectivity index (χ1) is 10.7. The van der Waals surface area contributed by atoms with Crippen LogP contribution in [0.25, 0.3) is 10.8 Å². The molecule has 0 saturated heterocycles. The van der Waals surface area contributed by atoms with Gasteiger partial charge in [-0.1, -0.05) is 30.3 Å². The molecule has 5 heteroatoms. The van der Waals surface area contributed by atoms with Gasteiger partial charge in [0.2, 0.25) is 0 Å². The molecular formula is C17H13NO4. The fourth-order valence-corrected chi connectivity index (χ4v) is 2.25. The first kappa shape index (κ1) is 13.9. The third-order valence-corrected chi connectivity index (χ3v) is 3.32. The van der Waals surface area contributed by atoms with Gasteiger partial charge in [0.15, 0.2) is 0 Å². The quantitative estimate of drug-likeness (QED) is 0.806. The van der Waals surface area contributed by atoms with Gasteiger partial charge in [-0.3, -0.25) is 4.79 Å². The van der Waals surface area contributed by atoms with Crippen LogP contribution in [0.15, 0.2) is 64.0 Å². The van der Waals surface area contributed by atoms with E-state index in [-0.39, 0.29) is 5.91 Å². The summed E-state index contributed by atoms with van der Waals surface area (Å²) in [5.41, 5.74) is 0.371. The van der Waals surface area contributed by atoms with E-state index in [0.717, 1.165) is 0 Å². The van der Waals surface area contributed by atoms with Gasteiger partial charge in [0.25, 0.3) is 5.91 Å². The van der Waals surface area contributed by atoms with Crippen molar-refractivity contribution >= 4 is 22.4 Å². The Hall–Kier alpha value is -3.08. The predicted molar refractivity (Wildman–Crippen MR) is 83.4 cm³/mol. The van der Waals surface area contributed by atoms with Crippen molar-refractivity contribution in [1.82, 2.24) is 0 Å². The van der Waals surface area contributed by atoms with Crippen molar-refractivity contribution in [1.29, 1.82) is 0 Å². The number of anilines is 1. The number of amides is 1. The molecule has 0 fully saturated rings. The molecule has 1 aromatic heterocycles. The molecule has 5 nitrogen and oxygen atoms in total. The average molecular weight is 295 g/mol. The number of carbonyl (C=O) groups excluding carboxylic acids is 1. The fraction of sp³-hybridized carbons (Fsp3) is 0.0588. The predicted octanol–water partition coefficient (Wildman–Crippen LogP) is 3.05. The standard InChI is InChI=1S/C17H13NO4/c1-21-15-9-5-4-8-14(15)18-16(19)13-10-22-17(20)12-7-3-2-6-11(12)13/h2-10H,1H3,(H,18,19). The van der Waals surface area contributed by atoms with Crippen LogP contribution in [-0.4, -0.2) is 13.0 Å². The van der Waals surface area contributed by atoms with E-state index in [9.17, 15) is 9.59 Å². The smallest absolute Gasteiger partial charge is 0.343 e. The molecule has 0 unspecified atom stereocenters. The molecule has 0 saturated carbocycles. The number of hydrogen-bond donors (Lipinski definition) is 1. The Kier molecular flexibility index (Phi) is 3.62. The third kappa shape index (κ3) is 2.44. The zero-order valence-corrected chi connectivity index (χ0v) is 11.8. The summed E-state index contributed by atoms with van der Waals surface area (Å²) < 4.78 is 10.1. The molecule has 0 radical (unpaired) electrons. The maximum Gasteiger partial charge on any atom is 0.343 e. The number of hydrogen-bond acceptors (Lipinski definition) is 4. The Morgan fingerprint density at radius 3 is 2.50 bits per heavy atom. The van der Waals surface area contributed by atoms with Crippen LogP contribution >= 0.6 is 0 Å². The fourth-order valence-electron chi connectivity index (χ4n) is 2.25. The molecule has 0 spiro atoms. The number of nitrogens with one attached hydrogen (secondary N) is 1.